The molecular weight excluding hydrogens is 378 g/mol. The van der Waals surface area contributed by atoms with Crippen molar-refractivity contribution in [3.63, 3.8) is 0 Å². The normalized spacial score (nSPS) is 16.7. The number of nitrogens with zero attached hydrogens (tertiary/aromatic N) is 6. The predicted octanol–water partition coefficient (Wildman–Crippen LogP) is 3.42. The van der Waals surface area contributed by atoms with Gasteiger partial charge in [0.25, 0.3) is 0 Å². The molecule has 9 heteroatoms. The first-order chi connectivity index (χ1) is 13.1. The van der Waals surface area contributed by atoms with E-state index in [2.05, 4.69) is 30.2 Å². The number of rotatable bonds is 5. The third-order valence-corrected chi connectivity index (χ3v) is 6.16. The summed E-state index contributed by atoms with van der Waals surface area (Å²) in [6.07, 6.45) is 6.64. The van der Waals surface area contributed by atoms with Gasteiger partial charge < -0.3 is 10.2 Å². The molecule has 0 spiro atoms. The summed E-state index contributed by atoms with van der Waals surface area (Å²) in [6, 6.07) is 4.15. The number of hydrogen-bond donors (Lipinski definition) is 1. The summed E-state index contributed by atoms with van der Waals surface area (Å²) in [5.41, 5.74) is 1.96. The number of aromatic nitrogens is 5. The SMILES string of the molecule is CSc1ccnc(NC2CCN(c3nccc(-c4sc(C)nc4C)n3)C2)n1. The highest BCUT2D eigenvalue weighted by Crippen LogP contribution is 2.29. The van der Waals surface area contributed by atoms with Crippen LogP contribution in [0, 0.1) is 13.8 Å². The maximum Gasteiger partial charge on any atom is 0.225 e. The van der Waals surface area contributed by atoms with Gasteiger partial charge in [-0.25, -0.2) is 24.9 Å². The van der Waals surface area contributed by atoms with Gasteiger partial charge in [0.1, 0.15) is 5.03 Å². The molecule has 0 aliphatic carbocycles. The largest absolute Gasteiger partial charge is 0.350 e. The maximum absolute atomic E-state index is 4.79. The van der Waals surface area contributed by atoms with Crippen LogP contribution in [0.15, 0.2) is 29.6 Å². The molecule has 27 heavy (non-hydrogen) atoms. The van der Waals surface area contributed by atoms with Crippen molar-refractivity contribution in [3.05, 3.63) is 35.2 Å². The van der Waals surface area contributed by atoms with E-state index in [9.17, 15) is 0 Å². The van der Waals surface area contributed by atoms with E-state index >= 15 is 0 Å². The van der Waals surface area contributed by atoms with Gasteiger partial charge in [0.15, 0.2) is 0 Å². The highest BCUT2D eigenvalue weighted by atomic mass is 32.2. The van der Waals surface area contributed by atoms with Crippen LogP contribution in [0.1, 0.15) is 17.1 Å². The molecule has 1 unspecified atom stereocenters. The Hall–Kier alpha value is -2.26. The van der Waals surface area contributed by atoms with Gasteiger partial charge in [-0.3, -0.25) is 0 Å². The molecule has 1 N–H and O–H groups in total. The second-order valence-corrected chi connectivity index (χ2v) is 8.42. The number of thiazole rings is 1. The summed E-state index contributed by atoms with van der Waals surface area (Å²) < 4.78 is 0. The third kappa shape index (κ3) is 4.03. The Morgan fingerprint density at radius 1 is 1.15 bits per heavy atom. The summed E-state index contributed by atoms with van der Waals surface area (Å²) in [5, 5.41) is 5.46. The van der Waals surface area contributed by atoms with E-state index in [1.807, 2.05) is 38.4 Å². The molecule has 0 radical (unpaired) electrons. The Kier molecular flexibility index (Phi) is 5.22. The van der Waals surface area contributed by atoms with Gasteiger partial charge in [-0.2, -0.15) is 0 Å². The van der Waals surface area contributed by atoms with Crippen LogP contribution >= 0.6 is 23.1 Å². The van der Waals surface area contributed by atoms with Crippen molar-refractivity contribution in [3.8, 4) is 10.6 Å². The highest BCUT2D eigenvalue weighted by Gasteiger charge is 2.25. The first kappa shape index (κ1) is 18.1. The molecule has 4 rings (SSSR count). The third-order valence-electron chi connectivity index (χ3n) is 4.42. The van der Waals surface area contributed by atoms with Crippen LogP contribution in [0.25, 0.3) is 10.6 Å². The van der Waals surface area contributed by atoms with Crippen LogP contribution in [0.3, 0.4) is 0 Å². The van der Waals surface area contributed by atoms with E-state index in [0.717, 1.165) is 51.8 Å². The second-order valence-electron chi connectivity index (χ2n) is 6.39. The summed E-state index contributed by atoms with van der Waals surface area (Å²) in [7, 11) is 0. The van der Waals surface area contributed by atoms with Gasteiger partial charge in [0, 0.05) is 31.5 Å². The molecule has 3 aromatic heterocycles. The van der Waals surface area contributed by atoms with Gasteiger partial charge >= 0.3 is 0 Å². The number of thioether (sulfide) groups is 1. The van der Waals surface area contributed by atoms with Crippen LogP contribution in [-0.2, 0) is 0 Å². The van der Waals surface area contributed by atoms with E-state index < -0.39 is 0 Å². The van der Waals surface area contributed by atoms with Crippen LogP contribution in [0.4, 0.5) is 11.9 Å². The molecule has 140 valence electrons. The first-order valence-corrected chi connectivity index (χ1v) is 10.8. The lowest BCUT2D eigenvalue weighted by Crippen LogP contribution is -2.27. The Balaban J connectivity index is 1.47. The van der Waals surface area contributed by atoms with Crippen LogP contribution in [-0.4, -0.2) is 50.3 Å². The number of nitrogens with one attached hydrogen (secondary N) is 1. The fraction of sp³-hybridized carbons (Fsp3) is 0.389. The minimum absolute atomic E-state index is 0.279. The number of anilines is 2. The van der Waals surface area contributed by atoms with Crippen molar-refractivity contribution in [1.82, 2.24) is 24.9 Å². The molecule has 1 aliphatic heterocycles. The van der Waals surface area contributed by atoms with Gasteiger partial charge in [-0.05, 0) is 38.7 Å². The summed E-state index contributed by atoms with van der Waals surface area (Å²) >= 11 is 3.29. The van der Waals surface area contributed by atoms with Crippen molar-refractivity contribution in [2.75, 3.05) is 29.6 Å². The predicted molar refractivity (Wildman–Crippen MR) is 111 cm³/mol. The van der Waals surface area contributed by atoms with Crippen LogP contribution in [0.5, 0.6) is 0 Å². The molecular formula is C18H21N7S2. The zero-order chi connectivity index (χ0) is 18.8. The quantitative estimate of drug-likeness (QED) is 0.516. The monoisotopic (exact) mass is 399 g/mol. The standard InChI is InChI=1S/C18H21N7S2/c1-11-16(27-12(2)21-11)14-4-7-20-18(23-14)25-9-6-13(10-25)22-17-19-8-5-15(24-17)26-3/h4-5,7-8,13H,6,9-10H2,1-3H3,(H,19,22,24). The molecule has 1 aliphatic rings. The molecule has 0 bridgehead atoms. The molecule has 1 fully saturated rings. The minimum atomic E-state index is 0.279. The highest BCUT2D eigenvalue weighted by molar-refractivity contribution is 7.98. The van der Waals surface area contributed by atoms with Crippen molar-refractivity contribution < 1.29 is 0 Å². The molecule has 0 saturated carbocycles. The van der Waals surface area contributed by atoms with E-state index in [0.29, 0.717) is 5.95 Å². The van der Waals surface area contributed by atoms with E-state index in [1.54, 1.807) is 29.3 Å². The topological polar surface area (TPSA) is 79.7 Å². The average Bonchev–Trinajstić information content (AvgIpc) is 3.28. The zero-order valence-electron chi connectivity index (χ0n) is 15.5. The van der Waals surface area contributed by atoms with E-state index in [4.69, 9.17) is 4.98 Å². The zero-order valence-corrected chi connectivity index (χ0v) is 17.1. The molecule has 3 aromatic rings. The summed E-state index contributed by atoms with van der Waals surface area (Å²) in [5.74, 6) is 1.44. The smallest absolute Gasteiger partial charge is 0.225 e. The lowest BCUT2D eigenvalue weighted by atomic mass is 10.3. The van der Waals surface area contributed by atoms with E-state index in [1.165, 1.54) is 0 Å². The van der Waals surface area contributed by atoms with Crippen molar-refractivity contribution in [1.29, 1.82) is 0 Å². The van der Waals surface area contributed by atoms with Crippen molar-refractivity contribution in [2.24, 2.45) is 0 Å². The molecule has 0 aromatic carbocycles. The maximum atomic E-state index is 4.79. The summed E-state index contributed by atoms with van der Waals surface area (Å²) in [4.78, 5) is 25.9. The molecule has 0 amide bonds. The van der Waals surface area contributed by atoms with Gasteiger partial charge in [0.05, 0.1) is 21.3 Å². The molecule has 1 saturated heterocycles. The minimum Gasteiger partial charge on any atom is -0.350 e. The number of aryl methyl sites for hydroxylation is 2. The fourth-order valence-electron chi connectivity index (χ4n) is 3.16. The molecule has 7 nitrogen and oxygen atoms in total. The molecule has 4 heterocycles. The first-order valence-electron chi connectivity index (χ1n) is 8.78. The lowest BCUT2D eigenvalue weighted by Gasteiger charge is -2.17. The fourth-order valence-corrected chi connectivity index (χ4v) is 4.43. The Labute approximate surface area is 166 Å². The van der Waals surface area contributed by atoms with Gasteiger partial charge in [-0.15, -0.1) is 23.1 Å². The Morgan fingerprint density at radius 3 is 2.78 bits per heavy atom. The van der Waals surface area contributed by atoms with Crippen LogP contribution in [0.2, 0.25) is 0 Å². The number of hydrogen-bond acceptors (Lipinski definition) is 9. The van der Waals surface area contributed by atoms with Crippen molar-refractivity contribution in [2.45, 2.75) is 31.3 Å². The van der Waals surface area contributed by atoms with Gasteiger partial charge in [-0.1, -0.05) is 0 Å². The second kappa shape index (κ2) is 7.77. The Morgan fingerprint density at radius 2 is 2.00 bits per heavy atom. The summed E-state index contributed by atoms with van der Waals surface area (Å²) in [6.45, 7) is 5.79. The van der Waals surface area contributed by atoms with Crippen LogP contribution < -0.4 is 10.2 Å². The van der Waals surface area contributed by atoms with Gasteiger partial charge in [0.2, 0.25) is 11.9 Å². The van der Waals surface area contributed by atoms with E-state index in [-0.39, 0.29) is 6.04 Å². The van der Waals surface area contributed by atoms with Crippen molar-refractivity contribution >= 4 is 35.0 Å². The average molecular weight is 400 g/mol. The Bertz CT molecular complexity index is 943. The lowest BCUT2D eigenvalue weighted by molar-refractivity contribution is 0.785. The molecule has 1 atom stereocenters.